The maximum atomic E-state index is 13.2. The summed E-state index contributed by atoms with van der Waals surface area (Å²) in [4.78, 5) is 22.9. The molecule has 1 aliphatic heterocycles. The number of amides is 1. The second-order valence-electron chi connectivity index (χ2n) is 4.83. The number of carboxylic acid groups (broad SMARTS) is 1. The average Bonchev–Trinajstić information content (AvgIpc) is 2.86. The van der Waals surface area contributed by atoms with E-state index >= 15 is 0 Å². The van der Waals surface area contributed by atoms with Crippen molar-refractivity contribution in [3.05, 3.63) is 34.9 Å². The summed E-state index contributed by atoms with van der Waals surface area (Å²) in [6.07, 6.45) is 0.316. The smallest absolute Gasteiger partial charge is 0.336 e. The molecule has 3 N–H and O–H groups in total. The predicted octanol–water partition coefficient (Wildman–Crippen LogP) is 0.544. The van der Waals surface area contributed by atoms with Gasteiger partial charge < -0.3 is 20.3 Å². The quantitative estimate of drug-likeness (QED) is 0.754. The van der Waals surface area contributed by atoms with Gasteiger partial charge in [-0.2, -0.15) is 0 Å². The van der Waals surface area contributed by atoms with Gasteiger partial charge in [0.15, 0.2) is 11.6 Å². The summed E-state index contributed by atoms with van der Waals surface area (Å²) < 4.78 is 31.2. The molecule has 1 aromatic carbocycles. The number of aromatic carboxylic acids is 1. The number of ether oxygens (including phenoxy) is 1. The van der Waals surface area contributed by atoms with Gasteiger partial charge in [-0.25, -0.2) is 13.6 Å². The van der Waals surface area contributed by atoms with E-state index < -0.39 is 40.2 Å². The molecule has 0 aromatic heterocycles. The highest BCUT2D eigenvalue weighted by Crippen LogP contribution is 2.18. The molecule has 1 aromatic rings. The normalized spacial score (nSPS) is 21.3. The van der Waals surface area contributed by atoms with Crippen molar-refractivity contribution < 1.29 is 33.3 Å². The van der Waals surface area contributed by atoms with E-state index in [9.17, 15) is 23.5 Å². The highest BCUT2D eigenvalue weighted by atomic mass is 19.2. The van der Waals surface area contributed by atoms with Crippen LogP contribution < -0.4 is 5.32 Å². The second-order valence-corrected chi connectivity index (χ2v) is 4.83. The molecule has 1 heterocycles. The minimum Gasteiger partial charge on any atom is -0.478 e. The van der Waals surface area contributed by atoms with E-state index in [-0.39, 0.29) is 13.2 Å². The molecule has 0 bridgehead atoms. The third kappa shape index (κ3) is 3.34. The van der Waals surface area contributed by atoms with E-state index in [0.29, 0.717) is 25.2 Å². The molecule has 1 unspecified atom stereocenters. The molecule has 1 atom stereocenters. The summed E-state index contributed by atoms with van der Waals surface area (Å²) in [6.45, 7) is 0.207. The Hall–Kier alpha value is -2.06. The standard InChI is InChI=1S/C13H13F2NO5/c14-9-3-7(8(12(18)19)4-10(9)15)11(17)16-5-13(20)1-2-21-6-13/h3-4,20H,1-2,5-6H2,(H,16,17)(H,18,19). The van der Waals surface area contributed by atoms with Crippen LogP contribution in [-0.4, -0.2) is 47.4 Å². The molecule has 114 valence electrons. The van der Waals surface area contributed by atoms with Gasteiger partial charge in [-0.15, -0.1) is 0 Å². The first kappa shape index (κ1) is 15.3. The molecule has 2 rings (SSSR count). The lowest BCUT2D eigenvalue weighted by Crippen LogP contribution is -2.43. The molecule has 0 spiro atoms. The van der Waals surface area contributed by atoms with Crippen LogP contribution in [0.5, 0.6) is 0 Å². The van der Waals surface area contributed by atoms with Crippen LogP contribution in [-0.2, 0) is 4.74 Å². The number of aliphatic hydroxyl groups is 1. The van der Waals surface area contributed by atoms with Crippen molar-refractivity contribution in [3.63, 3.8) is 0 Å². The summed E-state index contributed by atoms with van der Waals surface area (Å²) in [5, 5.41) is 21.2. The molecule has 8 heteroatoms. The van der Waals surface area contributed by atoms with Gasteiger partial charge in [-0.05, 0) is 12.1 Å². The molecule has 1 amide bonds. The third-order valence-electron chi connectivity index (χ3n) is 3.20. The molecule has 0 saturated carbocycles. The first-order valence-electron chi connectivity index (χ1n) is 6.13. The Morgan fingerprint density at radius 3 is 2.43 bits per heavy atom. The van der Waals surface area contributed by atoms with Crippen LogP contribution >= 0.6 is 0 Å². The Morgan fingerprint density at radius 1 is 1.29 bits per heavy atom. The minimum atomic E-state index is -1.55. The Bertz CT molecular complexity index is 584. The number of benzene rings is 1. The van der Waals surface area contributed by atoms with Crippen LogP contribution in [0.4, 0.5) is 8.78 Å². The molecular formula is C13H13F2NO5. The van der Waals surface area contributed by atoms with Crippen LogP contribution in [0, 0.1) is 11.6 Å². The third-order valence-corrected chi connectivity index (χ3v) is 3.20. The summed E-state index contributed by atoms with van der Waals surface area (Å²) >= 11 is 0. The molecule has 21 heavy (non-hydrogen) atoms. The number of carbonyl (C=O) groups is 2. The molecule has 1 aliphatic rings. The SMILES string of the molecule is O=C(O)c1cc(F)c(F)cc1C(=O)NCC1(O)CCOC1. The largest absolute Gasteiger partial charge is 0.478 e. The number of hydrogen-bond acceptors (Lipinski definition) is 4. The Labute approximate surface area is 118 Å². The molecule has 0 radical (unpaired) electrons. The Kier molecular flexibility index (Phi) is 4.19. The van der Waals surface area contributed by atoms with Crippen molar-refractivity contribution in [2.45, 2.75) is 12.0 Å². The van der Waals surface area contributed by atoms with Crippen molar-refractivity contribution in [3.8, 4) is 0 Å². The van der Waals surface area contributed by atoms with Gasteiger partial charge in [-0.3, -0.25) is 4.79 Å². The average molecular weight is 301 g/mol. The molecule has 1 saturated heterocycles. The van der Waals surface area contributed by atoms with Gasteiger partial charge in [-0.1, -0.05) is 0 Å². The molecule has 0 aliphatic carbocycles. The van der Waals surface area contributed by atoms with Crippen molar-refractivity contribution in [1.29, 1.82) is 0 Å². The van der Waals surface area contributed by atoms with Crippen LogP contribution in [0.25, 0.3) is 0 Å². The second kappa shape index (κ2) is 5.74. The highest BCUT2D eigenvalue weighted by molar-refractivity contribution is 6.04. The first-order chi connectivity index (χ1) is 9.82. The first-order valence-corrected chi connectivity index (χ1v) is 6.13. The van der Waals surface area contributed by atoms with Crippen molar-refractivity contribution in [2.75, 3.05) is 19.8 Å². The van der Waals surface area contributed by atoms with Gasteiger partial charge in [0, 0.05) is 19.6 Å². The Balaban J connectivity index is 2.18. The fraction of sp³-hybridized carbons (Fsp3) is 0.385. The summed E-state index contributed by atoms with van der Waals surface area (Å²) in [6, 6.07) is 0.962. The van der Waals surface area contributed by atoms with Crippen LogP contribution in [0.2, 0.25) is 0 Å². The van der Waals surface area contributed by atoms with E-state index in [1.807, 2.05) is 0 Å². The summed E-state index contributed by atoms with van der Waals surface area (Å²) in [7, 11) is 0. The number of nitrogens with one attached hydrogen (secondary N) is 1. The number of halogens is 2. The fourth-order valence-electron chi connectivity index (χ4n) is 1.99. The lowest BCUT2D eigenvalue weighted by molar-refractivity contribution is 0.0264. The van der Waals surface area contributed by atoms with E-state index in [1.165, 1.54) is 0 Å². The maximum Gasteiger partial charge on any atom is 0.336 e. The van der Waals surface area contributed by atoms with Crippen LogP contribution in [0.1, 0.15) is 27.1 Å². The van der Waals surface area contributed by atoms with Crippen LogP contribution in [0.15, 0.2) is 12.1 Å². The Morgan fingerprint density at radius 2 is 1.90 bits per heavy atom. The van der Waals surface area contributed by atoms with E-state index in [1.54, 1.807) is 0 Å². The number of rotatable bonds is 4. The molecule has 1 fully saturated rings. The van der Waals surface area contributed by atoms with Gasteiger partial charge >= 0.3 is 5.97 Å². The lowest BCUT2D eigenvalue weighted by Gasteiger charge is -2.20. The zero-order valence-corrected chi connectivity index (χ0v) is 10.9. The van der Waals surface area contributed by atoms with Gasteiger partial charge in [0.2, 0.25) is 0 Å². The van der Waals surface area contributed by atoms with E-state index in [4.69, 9.17) is 9.84 Å². The highest BCUT2D eigenvalue weighted by Gasteiger charge is 2.33. The lowest BCUT2D eigenvalue weighted by atomic mass is 10.0. The molecular weight excluding hydrogens is 288 g/mol. The van der Waals surface area contributed by atoms with Crippen LogP contribution in [0.3, 0.4) is 0 Å². The monoisotopic (exact) mass is 301 g/mol. The fourth-order valence-corrected chi connectivity index (χ4v) is 1.99. The number of carbonyl (C=O) groups excluding carboxylic acids is 1. The topological polar surface area (TPSA) is 95.9 Å². The van der Waals surface area contributed by atoms with Gasteiger partial charge in [0.1, 0.15) is 5.60 Å². The van der Waals surface area contributed by atoms with Gasteiger partial charge in [0.05, 0.1) is 17.7 Å². The molecule has 6 nitrogen and oxygen atoms in total. The van der Waals surface area contributed by atoms with Crippen molar-refractivity contribution in [1.82, 2.24) is 5.32 Å². The maximum absolute atomic E-state index is 13.2. The summed E-state index contributed by atoms with van der Waals surface area (Å²) in [5.41, 5.74) is -2.40. The number of hydrogen-bond donors (Lipinski definition) is 3. The zero-order valence-electron chi connectivity index (χ0n) is 10.9. The zero-order chi connectivity index (χ0) is 15.6. The number of carboxylic acids is 1. The van der Waals surface area contributed by atoms with Crippen molar-refractivity contribution in [2.24, 2.45) is 0 Å². The van der Waals surface area contributed by atoms with E-state index in [0.717, 1.165) is 0 Å². The predicted molar refractivity (Wildman–Crippen MR) is 66.0 cm³/mol. The summed E-state index contributed by atoms with van der Waals surface area (Å²) in [5.74, 6) is -5.14. The van der Waals surface area contributed by atoms with Gasteiger partial charge in [0.25, 0.3) is 5.91 Å². The van der Waals surface area contributed by atoms with Crippen molar-refractivity contribution >= 4 is 11.9 Å². The van der Waals surface area contributed by atoms with E-state index in [2.05, 4.69) is 5.32 Å². The minimum absolute atomic E-state index is 0.0385.